The van der Waals surface area contributed by atoms with Crippen molar-refractivity contribution in [2.45, 2.75) is 13.5 Å². The number of halogens is 3. The molecule has 8 heteroatoms. The van der Waals surface area contributed by atoms with Gasteiger partial charge in [-0.2, -0.15) is 4.99 Å². The van der Waals surface area contributed by atoms with Crippen LogP contribution in [0, 0.1) is 0 Å². The number of thiazole rings is 1. The van der Waals surface area contributed by atoms with Crippen molar-refractivity contribution < 1.29 is 4.79 Å². The summed E-state index contributed by atoms with van der Waals surface area (Å²) in [4.78, 5) is 17.1. The molecule has 22 heavy (non-hydrogen) atoms. The Morgan fingerprint density at radius 3 is 2.68 bits per heavy atom. The molecule has 0 N–H and O–H groups in total. The van der Waals surface area contributed by atoms with Crippen LogP contribution in [0.15, 0.2) is 29.3 Å². The number of nitrogens with zero attached hydrogens (tertiary/aromatic N) is 2. The Bertz CT molecular complexity index is 939. The number of thiophene rings is 1. The van der Waals surface area contributed by atoms with E-state index in [0.717, 1.165) is 21.6 Å². The lowest BCUT2D eigenvalue weighted by Crippen LogP contribution is -2.16. The van der Waals surface area contributed by atoms with Gasteiger partial charge in [-0.3, -0.25) is 4.79 Å². The summed E-state index contributed by atoms with van der Waals surface area (Å²) in [6, 6.07) is 7.19. The van der Waals surface area contributed by atoms with Gasteiger partial charge in [0.15, 0.2) is 4.80 Å². The SMILES string of the molecule is CCn1c(=NC(=O)c2cc(Cl)sc2Cl)sc2cccc(Cl)c21. The molecule has 0 saturated carbocycles. The quantitative estimate of drug-likeness (QED) is 0.569. The molecule has 3 rings (SSSR count). The molecule has 0 unspecified atom stereocenters. The van der Waals surface area contributed by atoms with E-state index in [-0.39, 0.29) is 0 Å². The van der Waals surface area contributed by atoms with Gasteiger partial charge in [-0.05, 0) is 25.1 Å². The molecule has 0 spiro atoms. The molecule has 0 fully saturated rings. The summed E-state index contributed by atoms with van der Waals surface area (Å²) < 4.78 is 3.71. The topological polar surface area (TPSA) is 34.4 Å². The predicted molar refractivity (Wildman–Crippen MR) is 94.7 cm³/mol. The number of carbonyl (C=O) groups is 1. The van der Waals surface area contributed by atoms with E-state index in [1.165, 1.54) is 17.4 Å². The van der Waals surface area contributed by atoms with E-state index in [1.54, 1.807) is 0 Å². The van der Waals surface area contributed by atoms with Crippen molar-refractivity contribution in [3.63, 3.8) is 0 Å². The van der Waals surface area contributed by atoms with E-state index in [9.17, 15) is 4.79 Å². The highest BCUT2D eigenvalue weighted by Crippen LogP contribution is 2.31. The molecule has 0 radical (unpaired) electrons. The molecule has 1 amide bonds. The lowest BCUT2D eigenvalue weighted by molar-refractivity contribution is 0.0998. The number of hydrogen-bond acceptors (Lipinski definition) is 3. The van der Waals surface area contributed by atoms with Gasteiger partial charge in [0, 0.05) is 6.54 Å². The average molecular weight is 392 g/mol. The van der Waals surface area contributed by atoms with Crippen molar-refractivity contribution in [3.8, 4) is 0 Å². The third-order valence-electron chi connectivity index (χ3n) is 3.05. The predicted octanol–water partition coefficient (Wildman–Crippen LogP) is 5.49. The van der Waals surface area contributed by atoms with E-state index < -0.39 is 5.91 Å². The highest BCUT2D eigenvalue weighted by atomic mass is 35.5. The minimum Gasteiger partial charge on any atom is -0.315 e. The third kappa shape index (κ3) is 2.84. The molecule has 0 aliphatic rings. The van der Waals surface area contributed by atoms with Crippen LogP contribution in [-0.4, -0.2) is 10.5 Å². The minimum absolute atomic E-state index is 0.322. The van der Waals surface area contributed by atoms with Crippen molar-refractivity contribution >= 4 is 73.6 Å². The fourth-order valence-corrected chi connectivity index (χ4v) is 5.00. The number of hydrogen-bond donors (Lipinski definition) is 0. The molecule has 2 heterocycles. The zero-order chi connectivity index (χ0) is 15.9. The molecular weight excluding hydrogens is 383 g/mol. The number of carbonyl (C=O) groups excluding carboxylic acids is 1. The Kier molecular flexibility index (Phi) is 4.61. The summed E-state index contributed by atoms with van der Waals surface area (Å²) in [5.74, 6) is -0.405. The number of amides is 1. The molecule has 0 aliphatic carbocycles. The van der Waals surface area contributed by atoms with Gasteiger partial charge in [-0.15, -0.1) is 11.3 Å². The Labute approximate surface area is 149 Å². The Morgan fingerprint density at radius 1 is 1.27 bits per heavy atom. The van der Waals surface area contributed by atoms with Crippen LogP contribution < -0.4 is 4.80 Å². The van der Waals surface area contributed by atoms with Gasteiger partial charge in [0.2, 0.25) is 0 Å². The summed E-state index contributed by atoms with van der Waals surface area (Å²) in [6.07, 6.45) is 0. The number of para-hydroxylation sites is 1. The zero-order valence-electron chi connectivity index (χ0n) is 11.3. The molecule has 3 aromatic rings. The molecule has 2 aromatic heterocycles. The second-order valence-electron chi connectivity index (χ2n) is 4.37. The van der Waals surface area contributed by atoms with E-state index in [4.69, 9.17) is 34.8 Å². The van der Waals surface area contributed by atoms with Crippen LogP contribution in [0.4, 0.5) is 0 Å². The molecular formula is C14H9Cl3N2OS2. The van der Waals surface area contributed by atoms with E-state index >= 15 is 0 Å². The molecule has 114 valence electrons. The maximum absolute atomic E-state index is 12.3. The van der Waals surface area contributed by atoms with Crippen LogP contribution in [-0.2, 0) is 6.54 Å². The Balaban J connectivity index is 2.19. The number of aromatic nitrogens is 1. The van der Waals surface area contributed by atoms with Gasteiger partial charge >= 0.3 is 0 Å². The number of aryl methyl sites for hydroxylation is 1. The van der Waals surface area contributed by atoms with Gasteiger partial charge in [0.1, 0.15) is 4.34 Å². The van der Waals surface area contributed by atoms with Crippen LogP contribution in [0.1, 0.15) is 17.3 Å². The van der Waals surface area contributed by atoms with Gasteiger partial charge in [0.05, 0.1) is 25.1 Å². The van der Waals surface area contributed by atoms with E-state index in [0.29, 0.717) is 30.6 Å². The molecule has 3 nitrogen and oxygen atoms in total. The summed E-state index contributed by atoms with van der Waals surface area (Å²) in [6.45, 7) is 2.64. The highest BCUT2D eigenvalue weighted by Gasteiger charge is 2.15. The summed E-state index contributed by atoms with van der Waals surface area (Å²) in [7, 11) is 0. The average Bonchev–Trinajstić information content (AvgIpc) is 2.99. The molecule has 0 aliphatic heterocycles. The van der Waals surface area contributed by atoms with E-state index in [1.807, 2.05) is 29.7 Å². The second-order valence-corrected chi connectivity index (χ2v) is 8.07. The Morgan fingerprint density at radius 2 is 2.05 bits per heavy atom. The normalized spacial score (nSPS) is 12.3. The number of rotatable bonds is 2. The highest BCUT2D eigenvalue weighted by molar-refractivity contribution is 7.20. The molecule has 1 aromatic carbocycles. The smallest absolute Gasteiger partial charge is 0.282 e. The molecule has 0 saturated heterocycles. The van der Waals surface area contributed by atoms with Crippen molar-refractivity contribution in [1.29, 1.82) is 0 Å². The van der Waals surface area contributed by atoms with Crippen molar-refractivity contribution in [1.82, 2.24) is 4.57 Å². The van der Waals surface area contributed by atoms with Crippen molar-refractivity contribution in [2.24, 2.45) is 4.99 Å². The fraction of sp³-hybridized carbons (Fsp3) is 0.143. The fourth-order valence-electron chi connectivity index (χ4n) is 2.10. The summed E-state index contributed by atoms with van der Waals surface area (Å²) >= 11 is 20.7. The van der Waals surface area contributed by atoms with Crippen LogP contribution in [0.25, 0.3) is 10.2 Å². The third-order valence-corrected chi connectivity index (χ3v) is 5.89. The van der Waals surface area contributed by atoms with Gasteiger partial charge in [0.25, 0.3) is 5.91 Å². The first kappa shape index (κ1) is 16.0. The Hall–Kier alpha value is -0.850. The van der Waals surface area contributed by atoms with Crippen LogP contribution in [0.5, 0.6) is 0 Å². The van der Waals surface area contributed by atoms with E-state index in [2.05, 4.69) is 4.99 Å². The van der Waals surface area contributed by atoms with Gasteiger partial charge < -0.3 is 4.57 Å². The lowest BCUT2D eigenvalue weighted by Gasteiger charge is -2.01. The van der Waals surface area contributed by atoms with Crippen molar-refractivity contribution in [2.75, 3.05) is 0 Å². The van der Waals surface area contributed by atoms with Crippen LogP contribution in [0.2, 0.25) is 13.7 Å². The molecule has 0 atom stereocenters. The summed E-state index contributed by atoms with van der Waals surface area (Å²) in [5, 5.41) is 0.640. The maximum atomic E-state index is 12.3. The standard InChI is InChI=1S/C14H9Cl3N2OS2/c1-2-19-11-8(15)4-3-5-9(11)21-14(19)18-13(20)7-6-10(16)22-12(7)17/h3-6H,2H2,1H3. The first-order chi connectivity index (χ1) is 10.5. The van der Waals surface area contributed by atoms with Crippen LogP contribution in [0.3, 0.4) is 0 Å². The monoisotopic (exact) mass is 390 g/mol. The number of fused-ring (bicyclic) bond motifs is 1. The largest absolute Gasteiger partial charge is 0.315 e. The van der Waals surface area contributed by atoms with Gasteiger partial charge in [-0.1, -0.05) is 52.2 Å². The van der Waals surface area contributed by atoms with Crippen molar-refractivity contribution in [3.05, 3.63) is 48.3 Å². The maximum Gasteiger partial charge on any atom is 0.282 e. The zero-order valence-corrected chi connectivity index (χ0v) is 15.2. The second kappa shape index (κ2) is 6.34. The first-order valence-corrected chi connectivity index (χ1v) is 9.09. The minimum atomic E-state index is -0.405. The first-order valence-electron chi connectivity index (χ1n) is 6.33. The van der Waals surface area contributed by atoms with Crippen LogP contribution >= 0.6 is 57.5 Å². The molecule has 0 bridgehead atoms. The summed E-state index contributed by atoms with van der Waals surface area (Å²) in [5.41, 5.74) is 1.21. The lowest BCUT2D eigenvalue weighted by atomic mass is 10.3. The number of benzene rings is 1. The van der Waals surface area contributed by atoms with Gasteiger partial charge in [-0.25, -0.2) is 0 Å².